The molecule has 0 aliphatic heterocycles. The molecule has 0 saturated heterocycles. The van der Waals surface area contributed by atoms with Crippen molar-refractivity contribution in [3.63, 3.8) is 0 Å². The lowest BCUT2D eigenvalue weighted by atomic mass is 10.1. The number of amides is 1. The number of pyridine rings is 2. The van der Waals surface area contributed by atoms with Crippen LogP contribution in [0.2, 0.25) is 0 Å². The van der Waals surface area contributed by atoms with Crippen LogP contribution in [0.4, 0.5) is 24.7 Å². The summed E-state index contributed by atoms with van der Waals surface area (Å²) in [5, 5.41) is 5.57. The number of aromatic nitrogens is 2. The fourth-order valence-corrected chi connectivity index (χ4v) is 2.57. The molecular formula is C20H17F3N4O. The van der Waals surface area contributed by atoms with Gasteiger partial charge in [-0.1, -0.05) is 12.1 Å². The van der Waals surface area contributed by atoms with Crippen LogP contribution in [-0.4, -0.2) is 22.4 Å². The Hall–Kier alpha value is -3.42. The molecule has 144 valence electrons. The highest BCUT2D eigenvalue weighted by Gasteiger charge is 2.30. The predicted molar refractivity (Wildman–Crippen MR) is 100 cm³/mol. The molecule has 0 aliphatic rings. The lowest BCUT2D eigenvalue weighted by Crippen LogP contribution is -2.17. The largest absolute Gasteiger partial charge is 0.416 e. The summed E-state index contributed by atoms with van der Waals surface area (Å²) >= 11 is 0. The Labute approximate surface area is 159 Å². The van der Waals surface area contributed by atoms with Gasteiger partial charge in [0.2, 0.25) is 0 Å². The van der Waals surface area contributed by atoms with Crippen molar-refractivity contribution in [1.29, 1.82) is 0 Å². The van der Waals surface area contributed by atoms with Gasteiger partial charge in [-0.15, -0.1) is 0 Å². The second-order valence-electron chi connectivity index (χ2n) is 5.97. The molecule has 0 atom stereocenters. The fraction of sp³-hybridized carbons (Fsp3) is 0.150. The summed E-state index contributed by atoms with van der Waals surface area (Å²) in [4.78, 5) is 20.7. The summed E-state index contributed by atoms with van der Waals surface area (Å²) in [6.45, 7) is 0.520. The number of halogens is 3. The summed E-state index contributed by atoms with van der Waals surface area (Å²) in [5.74, 6) is -0.188. The van der Waals surface area contributed by atoms with Gasteiger partial charge in [0.15, 0.2) is 0 Å². The minimum Gasteiger partial charge on any atom is -0.369 e. The van der Waals surface area contributed by atoms with E-state index >= 15 is 0 Å². The van der Waals surface area contributed by atoms with Crippen molar-refractivity contribution in [3.8, 4) is 0 Å². The Morgan fingerprint density at radius 2 is 1.86 bits per heavy atom. The van der Waals surface area contributed by atoms with Gasteiger partial charge < -0.3 is 10.6 Å². The molecule has 3 aromatic rings. The molecule has 2 N–H and O–H groups in total. The smallest absolute Gasteiger partial charge is 0.369 e. The SMILES string of the molecule is O=C(Nc1cccc(C(F)(F)F)c1)c1cccnc1NCCc1cccnc1. The molecule has 1 amide bonds. The molecular weight excluding hydrogens is 369 g/mol. The zero-order chi connectivity index (χ0) is 20.0. The van der Waals surface area contributed by atoms with Crippen molar-refractivity contribution in [1.82, 2.24) is 9.97 Å². The molecule has 0 saturated carbocycles. The molecule has 0 aliphatic carbocycles. The highest BCUT2D eigenvalue weighted by atomic mass is 19.4. The molecule has 0 radical (unpaired) electrons. The third-order valence-corrected chi connectivity index (χ3v) is 3.93. The first kappa shape index (κ1) is 19.3. The van der Waals surface area contributed by atoms with Crippen molar-refractivity contribution < 1.29 is 18.0 Å². The maximum atomic E-state index is 12.8. The second-order valence-corrected chi connectivity index (χ2v) is 5.97. The van der Waals surface area contributed by atoms with Crippen molar-refractivity contribution in [3.05, 3.63) is 83.8 Å². The van der Waals surface area contributed by atoms with Crippen molar-refractivity contribution in [2.24, 2.45) is 0 Å². The van der Waals surface area contributed by atoms with Crippen LogP contribution >= 0.6 is 0 Å². The van der Waals surface area contributed by atoms with Gasteiger partial charge in [-0.3, -0.25) is 9.78 Å². The van der Waals surface area contributed by atoms with Crippen molar-refractivity contribution >= 4 is 17.4 Å². The molecule has 2 aromatic heterocycles. The quantitative estimate of drug-likeness (QED) is 0.659. The van der Waals surface area contributed by atoms with E-state index in [0.29, 0.717) is 18.8 Å². The zero-order valence-electron chi connectivity index (χ0n) is 14.7. The van der Waals surface area contributed by atoms with Crippen molar-refractivity contribution in [2.75, 3.05) is 17.2 Å². The van der Waals surface area contributed by atoms with Gasteiger partial charge in [0, 0.05) is 30.8 Å². The molecule has 2 heterocycles. The average molecular weight is 386 g/mol. The standard InChI is InChI=1S/C20H17F3N4O/c21-20(22,23)15-5-1-6-16(12-15)27-19(28)17-7-3-10-25-18(17)26-11-8-14-4-2-9-24-13-14/h1-7,9-10,12-13H,8,11H2,(H,25,26)(H,27,28). The highest BCUT2D eigenvalue weighted by molar-refractivity contribution is 6.07. The number of benzene rings is 1. The summed E-state index contributed by atoms with van der Waals surface area (Å²) in [5.41, 5.74) is 0.503. The highest BCUT2D eigenvalue weighted by Crippen LogP contribution is 2.30. The maximum Gasteiger partial charge on any atom is 0.416 e. The topological polar surface area (TPSA) is 66.9 Å². The Kier molecular flexibility index (Phi) is 5.88. The first-order valence-electron chi connectivity index (χ1n) is 8.50. The van der Waals surface area contributed by atoms with Crippen LogP contribution in [0.1, 0.15) is 21.5 Å². The van der Waals surface area contributed by atoms with Crippen LogP contribution < -0.4 is 10.6 Å². The van der Waals surface area contributed by atoms with Gasteiger partial charge in [0.1, 0.15) is 5.82 Å². The Bertz CT molecular complexity index is 945. The fourth-order valence-electron chi connectivity index (χ4n) is 2.57. The van der Waals surface area contributed by atoms with Gasteiger partial charge in [-0.2, -0.15) is 13.2 Å². The number of rotatable bonds is 6. The third-order valence-electron chi connectivity index (χ3n) is 3.93. The first-order chi connectivity index (χ1) is 13.4. The number of nitrogens with zero attached hydrogens (tertiary/aromatic N) is 2. The van der Waals surface area contributed by atoms with Crippen LogP contribution in [0.3, 0.4) is 0 Å². The lowest BCUT2D eigenvalue weighted by molar-refractivity contribution is -0.137. The van der Waals surface area contributed by atoms with Crippen LogP contribution in [-0.2, 0) is 12.6 Å². The van der Waals surface area contributed by atoms with E-state index in [2.05, 4.69) is 20.6 Å². The molecule has 5 nitrogen and oxygen atoms in total. The van der Waals surface area contributed by atoms with E-state index < -0.39 is 17.6 Å². The van der Waals surface area contributed by atoms with E-state index in [1.54, 1.807) is 24.5 Å². The number of carbonyl (C=O) groups excluding carboxylic acids is 1. The van der Waals surface area contributed by atoms with Crippen LogP contribution in [0.15, 0.2) is 67.1 Å². The molecule has 0 fully saturated rings. The van der Waals surface area contributed by atoms with Gasteiger partial charge in [0.25, 0.3) is 5.91 Å². The van der Waals surface area contributed by atoms with E-state index in [0.717, 1.165) is 17.7 Å². The minimum absolute atomic E-state index is 0.0602. The molecule has 3 rings (SSSR count). The van der Waals surface area contributed by atoms with Gasteiger partial charge >= 0.3 is 6.18 Å². The van der Waals surface area contributed by atoms with E-state index in [1.807, 2.05) is 12.1 Å². The predicted octanol–water partition coefficient (Wildman–Crippen LogP) is 4.40. The minimum atomic E-state index is -4.48. The monoisotopic (exact) mass is 386 g/mol. The van der Waals surface area contributed by atoms with E-state index in [1.165, 1.54) is 18.3 Å². The number of hydrogen-bond acceptors (Lipinski definition) is 4. The van der Waals surface area contributed by atoms with Crippen LogP contribution in [0.25, 0.3) is 0 Å². The van der Waals surface area contributed by atoms with Gasteiger partial charge in [-0.25, -0.2) is 4.98 Å². The van der Waals surface area contributed by atoms with Gasteiger partial charge in [-0.05, 0) is 48.4 Å². The number of alkyl halides is 3. The number of carbonyl (C=O) groups is 1. The Morgan fingerprint density at radius 3 is 2.61 bits per heavy atom. The molecule has 8 heteroatoms. The van der Waals surface area contributed by atoms with E-state index in [9.17, 15) is 18.0 Å². The van der Waals surface area contributed by atoms with Crippen molar-refractivity contribution in [2.45, 2.75) is 12.6 Å². The Balaban J connectivity index is 1.69. The van der Waals surface area contributed by atoms with E-state index in [-0.39, 0.29) is 11.3 Å². The molecule has 28 heavy (non-hydrogen) atoms. The summed E-state index contributed by atoms with van der Waals surface area (Å²) in [7, 11) is 0. The lowest BCUT2D eigenvalue weighted by Gasteiger charge is -2.12. The summed E-state index contributed by atoms with van der Waals surface area (Å²) in [6.07, 6.45) is 1.17. The first-order valence-corrected chi connectivity index (χ1v) is 8.50. The zero-order valence-corrected chi connectivity index (χ0v) is 14.7. The second kappa shape index (κ2) is 8.51. The average Bonchev–Trinajstić information content (AvgIpc) is 2.69. The molecule has 0 spiro atoms. The van der Waals surface area contributed by atoms with Crippen LogP contribution in [0, 0.1) is 0 Å². The van der Waals surface area contributed by atoms with Gasteiger partial charge in [0.05, 0.1) is 11.1 Å². The number of nitrogens with one attached hydrogen (secondary N) is 2. The third kappa shape index (κ3) is 5.06. The number of hydrogen-bond donors (Lipinski definition) is 2. The summed E-state index contributed by atoms with van der Waals surface area (Å²) < 4.78 is 38.5. The van der Waals surface area contributed by atoms with E-state index in [4.69, 9.17) is 0 Å². The molecule has 0 unspecified atom stereocenters. The summed E-state index contributed by atoms with van der Waals surface area (Å²) in [6, 6.07) is 11.4. The molecule has 1 aromatic carbocycles. The maximum absolute atomic E-state index is 12.8. The Morgan fingerprint density at radius 1 is 1.04 bits per heavy atom. The molecule has 0 bridgehead atoms. The van der Waals surface area contributed by atoms with Crippen LogP contribution in [0.5, 0.6) is 0 Å². The normalized spacial score (nSPS) is 11.1. The number of anilines is 2.